The Morgan fingerprint density at radius 2 is 2.25 bits per heavy atom. The predicted molar refractivity (Wildman–Crippen MR) is 81.4 cm³/mol. The van der Waals surface area contributed by atoms with E-state index in [9.17, 15) is 4.79 Å². The first-order valence-electron chi connectivity index (χ1n) is 7.22. The molecule has 1 saturated carbocycles. The van der Waals surface area contributed by atoms with E-state index in [0.717, 1.165) is 17.5 Å². The summed E-state index contributed by atoms with van der Waals surface area (Å²) < 4.78 is 0. The average molecular weight is 270 g/mol. The van der Waals surface area contributed by atoms with Crippen molar-refractivity contribution in [3.8, 4) is 11.8 Å². The Hall–Kier alpha value is -1.79. The van der Waals surface area contributed by atoms with E-state index in [4.69, 9.17) is 5.73 Å². The standard InChI is InChI=1S/C17H22N2O/c1-12-8-9-14(6-4-10-18)15(11-12)17(20)19-16-7-3-5-13(16)2/h8-9,11,13,16H,3,5,7,10,18H2,1-2H3,(H,19,20). The smallest absolute Gasteiger partial charge is 0.252 e. The van der Waals surface area contributed by atoms with Gasteiger partial charge in [0.1, 0.15) is 0 Å². The van der Waals surface area contributed by atoms with Gasteiger partial charge in [-0.3, -0.25) is 4.79 Å². The summed E-state index contributed by atoms with van der Waals surface area (Å²) in [6.07, 6.45) is 3.46. The second-order valence-corrected chi connectivity index (χ2v) is 5.54. The third-order valence-corrected chi connectivity index (χ3v) is 3.92. The Bertz CT molecular complexity index is 554. The first-order chi connectivity index (χ1) is 9.61. The minimum atomic E-state index is -0.0197. The number of aryl methyl sites for hydroxylation is 1. The van der Waals surface area contributed by atoms with Crippen molar-refractivity contribution in [3.05, 3.63) is 34.9 Å². The SMILES string of the molecule is Cc1ccc(C#CCN)c(C(=O)NC2CCCC2C)c1. The second kappa shape index (κ2) is 6.58. The van der Waals surface area contributed by atoms with Crippen LogP contribution in [0.1, 0.15) is 47.7 Å². The summed E-state index contributed by atoms with van der Waals surface area (Å²) in [6.45, 7) is 4.48. The molecule has 3 heteroatoms. The fourth-order valence-electron chi connectivity index (χ4n) is 2.71. The van der Waals surface area contributed by atoms with Crippen LogP contribution in [0.15, 0.2) is 18.2 Å². The van der Waals surface area contributed by atoms with E-state index in [1.54, 1.807) is 0 Å². The molecule has 3 nitrogen and oxygen atoms in total. The van der Waals surface area contributed by atoms with Crippen LogP contribution in [-0.4, -0.2) is 18.5 Å². The van der Waals surface area contributed by atoms with E-state index in [0.29, 0.717) is 24.1 Å². The molecule has 106 valence electrons. The number of hydrogen-bond acceptors (Lipinski definition) is 2. The van der Waals surface area contributed by atoms with E-state index in [1.165, 1.54) is 12.8 Å². The number of hydrogen-bond donors (Lipinski definition) is 2. The number of rotatable bonds is 2. The van der Waals surface area contributed by atoms with Gasteiger partial charge >= 0.3 is 0 Å². The molecule has 1 aromatic carbocycles. The van der Waals surface area contributed by atoms with Crippen LogP contribution in [0, 0.1) is 24.7 Å². The first kappa shape index (κ1) is 14.6. The maximum Gasteiger partial charge on any atom is 0.252 e. The van der Waals surface area contributed by atoms with Crippen molar-refractivity contribution in [2.75, 3.05) is 6.54 Å². The molecule has 3 N–H and O–H groups in total. The van der Waals surface area contributed by atoms with Gasteiger partial charge in [0.05, 0.1) is 12.1 Å². The highest BCUT2D eigenvalue weighted by atomic mass is 16.1. The third-order valence-electron chi connectivity index (χ3n) is 3.92. The van der Waals surface area contributed by atoms with Crippen molar-refractivity contribution in [3.63, 3.8) is 0 Å². The quantitative estimate of drug-likeness (QED) is 0.810. The number of carbonyl (C=O) groups is 1. The highest BCUT2D eigenvalue weighted by Crippen LogP contribution is 2.25. The summed E-state index contributed by atoms with van der Waals surface area (Å²) in [6, 6.07) is 6.05. The molecular weight excluding hydrogens is 248 g/mol. The Morgan fingerprint density at radius 3 is 2.90 bits per heavy atom. The predicted octanol–water partition coefficient (Wildman–Crippen LogP) is 2.22. The fourth-order valence-corrected chi connectivity index (χ4v) is 2.71. The molecule has 2 rings (SSSR count). The lowest BCUT2D eigenvalue weighted by atomic mass is 10.0. The van der Waals surface area contributed by atoms with Gasteiger partial charge in [0, 0.05) is 11.6 Å². The summed E-state index contributed by atoms with van der Waals surface area (Å²) >= 11 is 0. The highest BCUT2D eigenvalue weighted by Gasteiger charge is 2.25. The van der Waals surface area contributed by atoms with E-state index >= 15 is 0 Å². The number of nitrogens with two attached hydrogens (primary N) is 1. The first-order valence-corrected chi connectivity index (χ1v) is 7.22. The Morgan fingerprint density at radius 1 is 1.45 bits per heavy atom. The van der Waals surface area contributed by atoms with Crippen LogP contribution in [0.25, 0.3) is 0 Å². The van der Waals surface area contributed by atoms with Crippen LogP contribution >= 0.6 is 0 Å². The zero-order valence-corrected chi connectivity index (χ0v) is 12.2. The lowest BCUT2D eigenvalue weighted by Crippen LogP contribution is -2.36. The molecule has 0 radical (unpaired) electrons. The molecule has 0 saturated heterocycles. The molecule has 0 heterocycles. The van der Waals surface area contributed by atoms with E-state index in [-0.39, 0.29) is 5.91 Å². The number of amides is 1. The zero-order valence-electron chi connectivity index (χ0n) is 12.2. The van der Waals surface area contributed by atoms with Crippen LogP contribution in [-0.2, 0) is 0 Å². The summed E-state index contributed by atoms with van der Waals surface area (Å²) in [5, 5.41) is 3.15. The van der Waals surface area contributed by atoms with Crippen molar-refractivity contribution in [2.45, 2.75) is 39.2 Å². The summed E-state index contributed by atoms with van der Waals surface area (Å²) in [7, 11) is 0. The van der Waals surface area contributed by atoms with Crippen LogP contribution in [0.5, 0.6) is 0 Å². The van der Waals surface area contributed by atoms with Gasteiger partial charge in [-0.1, -0.05) is 36.8 Å². The van der Waals surface area contributed by atoms with Gasteiger partial charge in [-0.25, -0.2) is 0 Å². The van der Waals surface area contributed by atoms with Crippen molar-refractivity contribution in [2.24, 2.45) is 11.7 Å². The lowest BCUT2D eigenvalue weighted by Gasteiger charge is -2.18. The molecule has 1 aromatic rings. The normalized spacial score (nSPS) is 21.1. The van der Waals surface area contributed by atoms with Gasteiger partial charge in [-0.05, 0) is 37.8 Å². The molecule has 0 bridgehead atoms. The molecule has 2 atom stereocenters. The molecule has 0 aliphatic heterocycles. The summed E-state index contributed by atoms with van der Waals surface area (Å²) in [4.78, 5) is 12.5. The second-order valence-electron chi connectivity index (χ2n) is 5.54. The van der Waals surface area contributed by atoms with Crippen molar-refractivity contribution in [1.82, 2.24) is 5.32 Å². The monoisotopic (exact) mass is 270 g/mol. The molecule has 1 aliphatic rings. The Kier molecular flexibility index (Phi) is 4.81. The van der Waals surface area contributed by atoms with Crippen molar-refractivity contribution >= 4 is 5.91 Å². The molecule has 1 amide bonds. The third kappa shape index (κ3) is 3.40. The highest BCUT2D eigenvalue weighted by molar-refractivity contribution is 5.97. The molecule has 1 aliphatic carbocycles. The van der Waals surface area contributed by atoms with Crippen LogP contribution in [0.4, 0.5) is 0 Å². The van der Waals surface area contributed by atoms with E-state index in [1.807, 2.05) is 25.1 Å². The average Bonchev–Trinajstić information content (AvgIpc) is 2.83. The number of nitrogens with one attached hydrogen (secondary N) is 1. The van der Waals surface area contributed by atoms with Crippen LogP contribution in [0.2, 0.25) is 0 Å². The molecule has 20 heavy (non-hydrogen) atoms. The Balaban J connectivity index is 2.21. The van der Waals surface area contributed by atoms with Crippen molar-refractivity contribution < 1.29 is 4.79 Å². The fraction of sp³-hybridized carbons (Fsp3) is 0.471. The van der Waals surface area contributed by atoms with E-state index in [2.05, 4.69) is 24.1 Å². The van der Waals surface area contributed by atoms with Crippen LogP contribution in [0.3, 0.4) is 0 Å². The largest absolute Gasteiger partial charge is 0.349 e. The van der Waals surface area contributed by atoms with Gasteiger partial charge in [-0.15, -0.1) is 0 Å². The Labute approximate surface area is 120 Å². The molecule has 0 aromatic heterocycles. The topological polar surface area (TPSA) is 55.1 Å². The van der Waals surface area contributed by atoms with Gasteiger partial charge in [0.25, 0.3) is 5.91 Å². The maximum atomic E-state index is 12.5. The molecule has 1 fully saturated rings. The summed E-state index contributed by atoms with van der Waals surface area (Å²) in [5.74, 6) is 6.34. The van der Waals surface area contributed by atoms with Crippen LogP contribution < -0.4 is 11.1 Å². The molecule has 0 spiro atoms. The molecule has 2 unspecified atom stereocenters. The van der Waals surface area contributed by atoms with E-state index < -0.39 is 0 Å². The molecular formula is C17H22N2O. The summed E-state index contributed by atoms with van der Waals surface area (Å²) in [5.41, 5.74) is 7.88. The zero-order chi connectivity index (χ0) is 14.5. The minimum Gasteiger partial charge on any atom is -0.349 e. The number of carbonyl (C=O) groups excluding carboxylic acids is 1. The lowest BCUT2D eigenvalue weighted by molar-refractivity contribution is 0.0929. The van der Waals surface area contributed by atoms with Gasteiger partial charge in [0.15, 0.2) is 0 Å². The minimum absolute atomic E-state index is 0.0197. The van der Waals surface area contributed by atoms with Gasteiger partial charge < -0.3 is 11.1 Å². The number of benzene rings is 1. The van der Waals surface area contributed by atoms with Gasteiger partial charge in [0.2, 0.25) is 0 Å². The van der Waals surface area contributed by atoms with Gasteiger partial charge in [-0.2, -0.15) is 0 Å². The maximum absolute atomic E-state index is 12.5. The van der Waals surface area contributed by atoms with Crippen molar-refractivity contribution in [1.29, 1.82) is 0 Å².